The van der Waals surface area contributed by atoms with E-state index < -0.39 is 9.84 Å². The summed E-state index contributed by atoms with van der Waals surface area (Å²) < 4.78 is 29.2. The van der Waals surface area contributed by atoms with Crippen molar-refractivity contribution in [1.82, 2.24) is 4.90 Å². The number of nitrogens with zero attached hydrogens (tertiary/aromatic N) is 1. The number of unbranched alkanes of at least 4 members (excludes halogenated alkanes) is 2. The van der Waals surface area contributed by atoms with E-state index in [0.717, 1.165) is 30.7 Å². The van der Waals surface area contributed by atoms with Gasteiger partial charge in [-0.2, -0.15) is 0 Å². The lowest BCUT2D eigenvalue weighted by Crippen LogP contribution is -2.19. The minimum atomic E-state index is -2.97. The van der Waals surface area contributed by atoms with Crippen LogP contribution in [-0.2, 0) is 21.1 Å². The lowest BCUT2D eigenvalue weighted by Gasteiger charge is -2.11. The van der Waals surface area contributed by atoms with Crippen molar-refractivity contribution in [3.63, 3.8) is 0 Å². The molecule has 26 heavy (non-hydrogen) atoms. The number of ketones is 1. The molecule has 0 N–H and O–H groups in total. The van der Waals surface area contributed by atoms with Gasteiger partial charge in [0.1, 0.15) is 18.1 Å². The fourth-order valence-corrected chi connectivity index (χ4v) is 3.52. The van der Waals surface area contributed by atoms with Crippen molar-refractivity contribution in [2.45, 2.75) is 51.2 Å². The highest BCUT2D eigenvalue weighted by atomic mass is 32.2. The average Bonchev–Trinajstić information content (AvgIpc) is 2.54. The van der Waals surface area contributed by atoms with Gasteiger partial charge in [-0.1, -0.05) is 18.6 Å². The van der Waals surface area contributed by atoms with Crippen LogP contribution in [0.4, 0.5) is 0 Å². The summed E-state index contributed by atoms with van der Waals surface area (Å²) in [6.07, 6.45) is 3.03. The summed E-state index contributed by atoms with van der Waals surface area (Å²) in [5, 5.41) is -0.323. The van der Waals surface area contributed by atoms with Crippen LogP contribution in [0.15, 0.2) is 24.3 Å². The maximum Gasteiger partial charge on any atom is 0.152 e. The van der Waals surface area contributed by atoms with E-state index in [9.17, 15) is 13.2 Å². The standard InChI is InChI=1S/C20H33NO4S/c1-17(2)26(23,24)14-7-5-6-10-19(22)15-18-9-8-11-20(16-18)25-13-12-21(3)4/h8-9,11,16-17H,5-7,10,12-15H2,1-4H3. The van der Waals surface area contributed by atoms with Gasteiger partial charge < -0.3 is 9.64 Å². The largest absolute Gasteiger partial charge is 0.492 e. The molecule has 0 spiro atoms. The van der Waals surface area contributed by atoms with Crippen molar-refractivity contribution in [3.05, 3.63) is 29.8 Å². The highest BCUT2D eigenvalue weighted by Crippen LogP contribution is 2.15. The summed E-state index contributed by atoms with van der Waals surface area (Å²) in [7, 11) is 1.03. The zero-order valence-electron chi connectivity index (χ0n) is 16.5. The highest BCUT2D eigenvalue weighted by Gasteiger charge is 2.15. The maximum absolute atomic E-state index is 12.1. The van der Waals surface area contributed by atoms with Crippen LogP contribution in [-0.4, -0.2) is 57.4 Å². The number of sulfone groups is 1. The topological polar surface area (TPSA) is 63.7 Å². The summed E-state index contributed by atoms with van der Waals surface area (Å²) in [5.74, 6) is 1.18. The van der Waals surface area contributed by atoms with Crippen LogP contribution >= 0.6 is 0 Å². The molecule has 1 rings (SSSR count). The predicted octanol–water partition coefficient (Wildman–Crippen LogP) is 3.12. The first kappa shape index (κ1) is 22.6. The van der Waals surface area contributed by atoms with Crippen molar-refractivity contribution in [2.24, 2.45) is 0 Å². The number of carbonyl (C=O) groups excluding carboxylic acids is 1. The Labute approximate surface area is 158 Å². The Morgan fingerprint density at radius 1 is 1.15 bits per heavy atom. The second-order valence-corrected chi connectivity index (χ2v) is 9.92. The number of carbonyl (C=O) groups is 1. The zero-order chi connectivity index (χ0) is 19.6. The van der Waals surface area contributed by atoms with Gasteiger partial charge in [-0.25, -0.2) is 8.42 Å². The Balaban J connectivity index is 2.30. The van der Waals surface area contributed by atoms with E-state index >= 15 is 0 Å². The normalized spacial score (nSPS) is 11.9. The molecular formula is C20H33NO4S. The molecule has 0 unspecified atom stereocenters. The van der Waals surface area contributed by atoms with Crippen molar-refractivity contribution in [2.75, 3.05) is 33.0 Å². The van der Waals surface area contributed by atoms with E-state index in [1.165, 1.54) is 0 Å². The van der Waals surface area contributed by atoms with Crippen LogP contribution in [0.1, 0.15) is 45.1 Å². The first-order valence-corrected chi connectivity index (χ1v) is 11.0. The molecule has 0 saturated carbocycles. The fraction of sp³-hybridized carbons (Fsp3) is 0.650. The van der Waals surface area contributed by atoms with Gasteiger partial charge in [0, 0.05) is 19.4 Å². The van der Waals surface area contributed by atoms with Gasteiger partial charge >= 0.3 is 0 Å². The number of likely N-dealkylation sites (N-methyl/N-ethyl adjacent to an activating group) is 1. The minimum Gasteiger partial charge on any atom is -0.492 e. The molecule has 0 aliphatic heterocycles. The maximum atomic E-state index is 12.1. The molecule has 0 atom stereocenters. The number of rotatable bonds is 13. The second-order valence-electron chi connectivity index (χ2n) is 7.24. The lowest BCUT2D eigenvalue weighted by atomic mass is 10.0. The van der Waals surface area contributed by atoms with Crippen LogP contribution in [0.2, 0.25) is 0 Å². The third kappa shape index (κ3) is 9.34. The van der Waals surface area contributed by atoms with Gasteiger partial charge in [-0.15, -0.1) is 0 Å². The van der Waals surface area contributed by atoms with Crippen molar-refractivity contribution >= 4 is 15.6 Å². The number of benzene rings is 1. The first-order valence-electron chi connectivity index (χ1n) is 9.30. The van der Waals surface area contributed by atoms with Gasteiger partial charge in [0.05, 0.1) is 11.0 Å². The number of Topliss-reactive ketones (excluding diaryl/α,β-unsaturated/α-hetero) is 1. The molecule has 0 bridgehead atoms. The molecule has 0 amide bonds. The molecular weight excluding hydrogens is 350 g/mol. The van der Waals surface area contributed by atoms with E-state index in [1.54, 1.807) is 13.8 Å². The minimum absolute atomic E-state index is 0.183. The van der Waals surface area contributed by atoms with Gasteiger partial charge in [0.15, 0.2) is 9.84 Å². The molecule has 0 radical (unpaired) electrons. The average molecular weight is 384 g/mol. The lowest BCUT2D eigenvalue weighted by molar-refractivity contribution is -0.118. The monoisotopic (exact) mass is 383 g/mol. The molecule has 6 heteroatoms. The SMILES string of the molecule is CC(C)S(=O)(=O)CCCCCC(=O)Cc1cccc(OCCN(C)C)c1. The van der Waals surface area contributed by atoms with E-state index in [1.807, 2.05) is 38.4 Å². The van der Waals surface area contributed by atoms with Crippen molar-refractivity contribution in [1.29, 1.82) is 0 Å². The van der Waals surface area contributed by atoms with Crippen LogP contribution in [0.5, 0.6) is 5.75 Å². The van der Waals surface area contributed by atoms with Gasteiger partial charge in [0.2, 0.25) is 0 Å². The number of hydrogen-bond donors (Lipinski definition) is 0. The van der Waals surface area contributed by atoms with Gasteiger partial charge in [-0.05, 0) is 58.5 Å². The predicted molar refractivity (Wildman–Crippen MR) is 107 cm³/mol. The molecule has 1 aromatic rings. The Kier molecular flexibility index (Phi) is 9.88. The van der Waals surface area contributed by atoms with E-state index in [0.29, 0.717) is 25.9 Å². The molecule has 5 nitrogen and oxygen atoms in total. The van der Waals surface area contributed by atoms with E-state index in [-0.39, 0.29) is 16.8 Å². The molecule has 0 saturated heterocycles. The highest BCUT2D eigenvalue weighted by molar-refractivity contribution is 7.91. The van der Waals surface area contributed by atoms with Gasteiger partial charge in [-0.3, -0.25) is 4.79 Å². The molecule has 0 heterocycles. The van der Waals surface area contributed by atoms with E-state index in [2.05, 4.69) is 4.90 Å². The Morgan fingerprint density at radius 2 is 1.88 bits per heavy atom. The quantitative estimate of drug-likeness (QED) is 0.490. The zero-order valence-corrected chi connectivity index (χ0v) is 17.3. The molecule has 148 valence electrons. The van der Waals surface area contributed by atoms with Crippen molar-refractivity contribution in [3.8, 4) is 5.75 Å². The molecule has 1 aromatic carbocycles. The van der Waals surface area contributed by atoms with E-state index in [4.69, 9.17) is 4.74 Å². The number of ether oxygens (including phenoxy) is 1. The molecule has 0 aliphatic rings. The van der Waals surface area contributed by atoms with Crippen LogP contribution in [0, 0.1) is 0 Å². The molecule has 0 aliphatic carbocycles. The summed E-state index contributed by atoms with van der Waals surface area (Å²) in [6, 6.07) is 7.66. The molecule has 0 aromatic heterocycles. The van der Waals surface area contributed by atoms with Crippen LogP contribution in [0.3, 0.4) is 0 Å². The van der Waals surface area contributed by atoms with Crippen molar-refractivity contribution < 1.29 is 17.9 Å². The summed E-state index contributed by atoms with van der Waals surface area (Å²) >= 11 is 0. The first-order chi connectivity index (χ1) is 12.2. The summed E-state index contributed by atoms with van der Waals surface area (Å²) in [6.45, 7) is 4.87. The Morgan fingerprint density at radius 3 is 2.54 bits per heavy atom. The third-order valence-corrected chi connectivity index (χ3v) is 6.50. The Hall–Kier alpha value is -1.40. The van der Waals surface area contributed by atoms with Crippen LogP contribution < -0.4 is 4.74 Å². The van der Waals surface area contributed by atoms with Crippen LogP contribution in [0.25, 0.3) is 0 Å². The summed E-state index contributed by atoms with van der Waals surface area (Å²) in [5.41, 5.74) is 0.958. The molecule has 0 fully saturated rings. The number of hydrogen-bond acceptors (Lipinski definition) is 5. The third-order valence-electron chi connectivity index (χ3n) is 4.21. The van der Waals surface area contributed by atoms with Gasteiger partial charge in [0.25, 0.3) is 0 Å². The smallest absolute Gasteiger partial charge is 0.152 e. The Bertz CT molecular complexity index is 654. The summed E-state index contributed by atoms with van der Waals surface area (Å²) in [4.78, 5) is 14.2. The fourth-order valence-electron chi connectivity index (χ4n) is 2.45. The second kappa shape index (κ2) is 11.3.